The topological polar surface area (TPSA) is 67.7 Å². The molecule has 1 aromatic carbocycles. The van der Waals surface area contributed by atoms with Gasteiger partial charge in [-0.15, -0.1) is 6.58 Å². The molecule has 6 nitrogen and oxygen atoms in total. The molecule has 0 aliphatic carbocycles. The Morgan fingerprint density at radius 3 is 2.77 bits per heavy atom. The Bertz CT molecular complexity index is 809. The summed E-state index contributed by atoms with van der Waals surface area (Å²) in [7, 11) is 1.85. The highest BCUT2D eigenvalue weighted by atomic mass is 35.5. The maximum atomic E-state index is 5.91. The Labute approximate surface area is 132 Å². The largest absolute Gasteiger partial charge is 0.351 e. The van der Waals surface area contributed by atoms with E-state index in [0.29, 0.717) is 23.3 Å². The van der Waals surface area contributed by atoms with Gasteiger partial charge in [0.15, 0.2) is 5.65 Å². The van der Waals surface area contributed by atoms with Gasteiger partial charge in [-0.05, 0) is 24.3 Å². The molecule has 0 spiro atoms. The molecule has 2 aromatic heterocycles. The maximum absolute atomic E-state index is 5.91. The normalized spacial score (nSPS) is 10.6. The molecule has 0 fully saturated rings. The van der Waals surface area contributed by atoms with Crippen LogP contribution in [-0.4, -0.2) is 26.3 Å². The molecule has 0 aliphatic heterocycles. The number of nitrogens with one attached hydrogen (secondary N) is 2. The van der Waals surface area contributed by atoms with Crippen molar-refractivity contribution in [2.24, 2.45) is 7.05 Å². The van der Waals surface area contributed by atoms with E-state index in [4.69, 9.17) is 11.6 Å². The molecular formula is C15H15ClN6. The third-order valence-corrected chi connectivity index (χ3v) is 3.36. The number of rotatable bonds is 5. The highest BCUT2D eigenvalue weighted by molar-refractivity contribution is 6.30. The van der Waals surface area contributed by atoms with E-state index < -0.39 is 0 Å². The summed E-state index contributed by atoms with van der Waals surface area (Å²) in [6, 6.07) is 7.43. The second kappa shape index (κ2) is 6.03. The quantitative estimate of drug-likeness (QED) is 0.707. The smallest absolute Gasteiger partial charge is 0.226 e. The Hall–Kier alpha value is -2.60. The van der Waals surface area contributed by atoms with Crippen molar-refractivity contribution >= 4 is 40.1 Å². The van der Waals surface area contributed by atoms with Gasteiger partial charge in [-0.25, -0.2) is 0 Å². The van der Waals surface area contributed by atoms with Crippen LogP contribution in [0.3, 0.4) is 0 Å². The molecule has 0 bridgehead atoms. The number of halogens is 1. The zero-order valence-electron chi connectivity index (χ0n) is 12.0. The van der Waals surface area contributed by atoms with Crippen molar-refractivity contribution in [3.63, 3.8) is 0 Å². The lowest BCUT2D eigenvalue weighted by atomic mass is 10.3. The minimum atomic E-state index is 0.521. The van der Waals surface area contributed by atoms with E-state index in [9.17, 15) is 0 Å². The molecular weight excluding hydrogens is 300 g/mol. The summed E-state index contributed by atoms with van der Waals surface area (Å²) in [5.74, 6) is 1.21. The molecule has 3 aromatic rings. The number of fused-ring (bicyclic) bond motifs is 1. The van der Waals surface area contributed by atoms with Crippen LogP contribution < -0.4 is 10.6 Å². The van der Waals surface area contributed by atoms with Crippen molar-refractivity contribution in [1.82, 2.24) is 19.7 Å². The molecule has 3 rings (SSSR count). The van der Waals surface area contributed by atoms with Crippen molar-refractivity contribution < 1.29 is 0 Å². The predicted molar refractivity (Wildman–Crippen MR) is 89.7 cm³/mol. The van der Waals surface area contributed by atoms with Crippen LogP contribution in [0, 0.1) is 0 Å². The van der Waals surface area contributed by atoms with Gasteiger partial charge in [0.2, 0.25) is 5.95 Å². The van der Waals surface area contributed by atoms with Gasteiger partial charge in [-0.2, -0.15) is 15.1 Å². The molecule has 0 amide bonds. The van der Waals surface area contributed by atoms with E-state index in [1.807, 2.05) is 31.3 Å². The first-order chi connectivity index (χ1) is 10.7. The number of aromatic nitrogens is 4. The van der Waals surface area contributed by atoms with Crippen LogP contribution in [0.25, 0.3) is 11.0 Å². The van der Waals surface area contributed by atoms with Crippen LogP contribution in [-0.2, 0) is 7.05 Å². The summed E-state index contributed by atoms with van der Waals surface area (Å²) < 4.78 is 1.71. The lowest BCUT2D eigenvalue weighted by molar-refractivity contribution is 0.785. The molecule has 0 unspecified atom stereocenters. The van der Waals surface area contributed by atoms with E-state index in [-0.39, 0.29) is 0 Å². The van der Waals surface area contributed by atoms with Crippen LogP contribution in [0.4, 0.5) is 17.5 Å². The monoisotopic (exact) mass is 314 g/mol. The number of aryl methyl sites for hydroxylation is 1. The second-order valence-electron chi connectivity index (χ2n) is 4.70. The van der Waals surface area contributed by atoms with Crippen LogP contribution in [0.2, 0.25) is 5.02 Å². The fourth-order valence-corrected chi connectivity index (χ4v) is 2.16. The van der Waals surface area contributed by atoms with Gasteiger partial charge in [-0.1, -0.05) is 17.7 Å². The first-order valence-electron chi connectivity index (χ1n) is 6.74. The minimum Gasteiger partial charge on any atom is -0.351 e. The molecule has 0 saturated heterocycles. The van der Waals surface area contributed by atoms with E-state index in [1.165, 1.54) is 0 Å². The van der Waals surface area contributed by atoms with Crippen LogP contribution in [0.15, 0.2) is 43.1 Å². The number of hydrogen-bond donors (Lipinski definition) is 2. The number of nitrogens with zero attached hydrogens (tertiary/aromatic N) is 4. The standard InChI is InChI=1S/C15H15ClN6/c1-3-8-17-15-20-13(12-9-18-22(2)14(12)21-15)19-11-6-4-10(16)5-7-11/h3-7,9H,1,8H2,2H3,(H2,17,19,20,21). The highest BCUT2D eigenvalue weighted by Gasteiger charge is 2.11. The van der Waals surface area contributed by atoms with E-state index in [1.54, 1.807) is 17.0 Å². The fraction of sp³-hybridized carbons (Fsp3) is 0.133. The minimum absolute atomic E-state index is 0.521. The molecule has 0 radical (unpaired) electrons. The Morgan fingerprint density at radius 1 is 1.27 bits per heavy atom. The lowest BCUT2D eigenvalue weighted by Gasteiger charge is -2.09. The van der Waals surface area contributed by atoms with Gasteiger partial charge < -0.3 is 10.6 Å². The van der Waals surface area contributed by atoms with Gasteiger partial charge >= 0.3 is 0 Å². The third-order valence-electron chi connectivity index (χ3n) is 3.10. The summed E-state index contributed by atoms with van der Waals surface area (Å²) in [6.07, 6.45) is 3.49. The molecule has 0 saturated carbocycles. The molecule has 112 valence electrons. The fourth-order valence-electron chi connectivity index (χ4n) is 2.03. The van der Waals surface area contributed by atoms with Crippen molar-refractivity contribution in [2.75, 3.05) is 17.2 Å². The van der Waals surface area contributed by atoms with Gasteiger partial charge in [0.05, 0.1) is 11.6 Å². The predicted octanol–water partition coefficient (Wildman–Crippen LogP) is 3.36. The van der Waals surface area contributed by atoms with E-state index in [0.717, 1.165) is 16.7 Å². The van der Waals surface area contributed by atoms with Crippen LogP contribution in [0.5, 0.6) is 0 Å². The van der Waals surface area contributed by atoms with Crippen molar-refractivity contribution in [3.8, 4) is 0 Å². The summed E-state index contributed by atoms with van der Waals surface area (Å²) >= 11 is 5.91. The number of benzene rings is 1. The SMILES string of the molecule is C=CCNc1nc(Nc2ccc(Cl)cc2)c2cnn(C)c2n1. The Balaban J connectivity index is 2.02. The average Bonchev–Trinajstić information content (AvgIpc) is 2.89. The zero-order valence-corrected chi connectivity index (χ0v) is 12.8. The number of hydrogen-bond acceptors (Lipinski definition) is 5. The molecule has 7 heteroatoms. The highest BCUT2D eigenvalue weighted by Crippen LogP contribution is 2.25. The van der Waals surface area contributed by atoms with Crippen LogP contribution >= 0.6 is 11.6 Å². The van der Waals surface area contributed by atoms with Gasteiger partial charge in [0.25, 0.3) is 0 Å². The Morgan fingerprint density at radius 2 is 2.05 bits per heavy atom. The molecule has 0 aliphatic rings. The first kappa shape index (κ1) is 14.3. The summed E-state index contributed by atoms with van der Waals surface area (Å²) in [5.41, 5.74) is 1.64. The van der Waals surface area contributed by atoms with Crippen molar-refractivity contribution in [1.29, 1.82) is 0 Å². The first-order valence-corrected chi connectivity index (χ1v) is 7.12. The third kappa shape index (κ3) is 2.87. The lowest BCUT2D eigenvalue weighted by Crippen LogP contribution is -2.06. The summed E-state index contributed by atoms with van der Waals surface area (Å²) in [6.45, 7) is 4.27. The van der Waals surface area contributed by atoms with Gasteiger partial charge in [-0.3, -0.25) is 4.68 Å². The van der Waals surface area contributed by atoms with Crippen LogP contribution in [0.1, 0.15) is 0 Å². The van der Waals surface area contributed by atoms with E-state index >= 15 is 0 Å². The molecule has 2 heterocycles. The molecule has 2 N–H and O–H groups in total. The average molecular weight is 315 g/mol. The zero-order chi connectivity index (χ0) is 15.5. The molecule has 22 heavy (non-hydrogen) atoms. The molecule has 0 atom stereocenters. The maximum Gasteiger partial charge on any atom is 0.226 e. The van der Waals surface area contributed by atoms with E-state index in [2.05, 4.69) is 32.3 Å². The van der Waals surface area contributed by atoms with Gasteiger partial charge in [0.1, 0.15) is 5.82 Å². The summed E-state index contributed by atoms with van der Waals surface area (Å²) in [5, 5.41) is 12.1. The second-order valence-corrected chi connectivity index (χ2v) is 5.14. The Kier molecular flexibility index (Phi) is 3.93. The van der Waals surface area contributed by atoms with Crippen molar-refractivity contribution in [3.05, 3.63) is 48.1 Å². The summed E-state index contributed by atoms with van der Waals surface area (Å²) in [4.78, 5) is 8.96. The van der Waals surface area contributed by atoms with Gasteiger partial charge in [0, 0.05) is 24.3 Å². The van der Waals surface area contributed by atoms with Crippen molar-refractivity contribution in [2.45, 2.75) is 0 Å². The number of anilines is 3.